The van der Waals surface area contributed by atoms with E-state index in [-0.39, 0.29) is 11.3 Å². The molecule has 3 nitrogen and oxygen atoms in total. The normalized spacial score (nSPS) is 19.2. The lowest BCUT2D eigenvalue weighted by molar-refractivity contribution is -0.123. The molecule has 1 fully saturated rings. The molecular weight excluding hydrogens is 224 g/mol. The second-order valence-corrected chi connectivity index (χ2v) is 7.11. The molecule has 0 atom stereocenters. The number of nitrogens with one attached hydrogen (secondary N) is 1. The van der Waals surface area contributed by atoms with Crippen molar-refractivity contribution in [1.29, 1.82) is 0 Å². The third-order valence-corrected chi connectivity index (χ3v) is 3.66. The summed E-state index contributed by atoms with van der Waals surface area (Å²) in [6.45, 7) is 14.0. The Balaban J connectivity index is 2.20. The van der Waals surface area contributed by atoms with Gasteiger partial charge in [0.05, 0.1) is 0 Å². The smallest absolute Gasteiger partial charge is 0.220 e. The summed E-state index contributed by atoms with van der Waals surface area (Å²) in [6.07, 6.45) is 3.06. The van der Waals surface area contributed by atoms with Gasteiger partial charge in [0, 0.05) is 19.0 Å². The van der Waals surface area contributed by atoms with Crippen molar-refractivity contribution in [3.63, 3.8) is 0 Å². The van der Waals surface area contributed by atoms with Gasteiger partial charge in [-0.25, -0.2) is 0 Å². The molecule has 0 spiro atoms. The van der Waals surface area contributed by atoms with Crippen LogP contribution in [-0.4, -0.2) is 36.5 Å². The molecule has 0 unspecified atom stereocenters. The number of piperidine rings is 1. The van der Waals surface area contributed by atoms with E-state index in [1.807, 2.05) is 0 Å². The highest BCUT2D eigenvalue weighted by molar-refractivity contribution is 5.76. The van der Waals surface area contributed by atoms with E-state index in [4.69, 9.17) is 0 Å². The van der Waals surface area contributed by atoms with Crippen molar-refractivity contribution in [3.8, 4) is 0 Å². The number of amides is 1. The van der Waals surface area contributed by atoms with Crippen molar-refractivity contribution in [1.82, 2.24) is 10.2 Å². The maximum absolute atomic E-state index is 11.8. The van der Waals surface area contributed by atoms with Crippen LogP contribution in [0.25, 0.3) is 0 Å². The van der Waals surface area contributed by atoms with E-state index in [0.717, 1.165) is 6.54 Å². The molecule has 1 aliphatic rings. The van der Waals surface area contributed by atoms with Gasteiger partial charge in [0.2, 0.25) is 5.91 Å². The summed E-state index contributed by atoms with van der Waals surface area (Å²) in [5.41, 5.74) is 0.0884. The van der Waals surface area contributed by atoms with Gasteiger partial charge in [-0.2, -0.15) is 0 Å². The van der Waals surface area contributed by atoms with Gasteiger partial charge in [-0.3, -0.25) is 4.79 Å². The summed E-state index contributed by atoms with van der Waals surface area (Å²) in [7, 11) is 0. The minimum Gasteiger partial charge on any atom is -0.356 e. The zero-order valence-corrected chi connectivity index (χ0v) is 12.8. The number of likely N-dealkylation sites (tertiary alicyclic amines) is 1. The maximum atomic E-state index is 11.8. The van der Waals surface area contributed by atoms with Crippen LogP contribution in [0, 0.1) is 11.3 Å². The zero-order valence-electron chi connectivity index (χ0n) is 12.8. The Morgan fingerprint density at radius 3 is 2.28 bits per heavy atom. The summed E-state index contributed by atoms with van der Waals surface area (Å²) in [4.78, 5) is 14.3. The summed E-state index contributed by atoms with van der Waals surface area (Å²) in [6, 6.07) is 0.654. The van der Waals surface area contributed by atoms with Gasteiger partial charge in [0.1, 0.15) is 0 Å². The van der Waals surface area contributed by atoms with Crippen molar-refractivity contribution in [2.24, 2.45) is 11.3 Å². The van der Waals surface area contributed by atoms with Gasteiger partial charge in [-0.1, -0.05) is 20.8 Å². The van der Waals surface area contributed by atoms with Crippen molar-refractivity contribution < 1.29 is 4.79 Å². The lowest BCUT2D eigenvalue weighted by Crippen LogP contribution is -2.41. The lowest BCUT2D eigenvalue weighted by atomic mass is 9.91. The lowest BCUT2D eigenvalue weighted by Gasteiger charge is -2.34. The van der Waals surface area contributed by atoms with Crippen molar-refractivity contribution in [3.05, 3.63) is 0 Å². The highest BCUT2D eigenvalue weighted by Gasteiger charge is 2.22. The van der Waals surface area contributed by atoms with Crippen molar-refractivity contribution in [2.45, 2.75) is 59.9 Å². The molecule has 1 N–H and O–H groups in total. The first-order valence-corrected chi connectivity index (χ1v) is 7.28. The molecule has 0 bridgehead atoms. The minimum atomic E-state index is 0.0884. The summed E-state index contributed by atoms with van der Waals surface area (Å²) < 4.78 is 0. The molecule has 1 amide bonds. The number of hydrogen-bond donors (Lipinski definition) is 1. The number of carbonyl (C=O) groups excluding carboxylic acids is 1. The van der Waals surface area contributed by atoms with E-state index in [1.54, 1.807) is 0 Å². The molecule has 0 aromatic heterocycles. The number of rotatable bonds is 4. The van der Waals surface area contributed by atoms with Crippen LogP contribution in [0.2, 0.25) is 0 Å². The third-order valence-electron chi connectivity index (χ3n) is 3.66. The Labute approximate surface area is 112 Å². The average molecular weight is 254 g/mol. The van der Waals surface area contributed by atoms with Crippen LogP contribution in [0.3, 0.4) is 0 Å². The second kappa shape index (κ2) is 6.55. The van der Waals surface area contributed by atoms with Crippen LogP contribution in [0.1, 0.15) is 53.9 Å². The summed E-state index contributed by atoms with van der Waals surface area (Å²) >= 11 is 0. The third kappa shape index (κ3) is 5.85. The van der Waals surface area contributed by atoms with Crippen LogP contribution in [-0.2, 0) is 4.79 Å². The quantitative estimate of drug-likeness (QED) is 0.836. The molecule has 0 aliphatic carbocycles. The molecule has 1 saturated heterocycles. The van der Waals surface area contributed by atoms with Gasteiger partial charge in [0.25, 0.3) is 0 Å². The van der Waals surface area contributed by atoms with E-state index < -0.39 is 0 Å². The van der Waals surface area contributed by atoms with Crippen molar-refractivity contribution in [2.75, 3.05) is 19.6 Å². The van der Waals surface area contributed by atoms with E-state index >= 15 is 0 Å². The standard InChI is InChI=1S/C15H30N2O/c1-12(2)17-8-6-13(7-9-17)11-16-14(18)10-15(3,4)5/h12-13H,6-11H2,1-5H3,(H,16,18). The highest BCUT2D eigenvalue weighted by Crippen LogP contribution is 2.20. The van der Waals surface area contributed by atoms with Gasteiger partial charge < -0.3 is 10.2 Å². The monoisotopic (exact) mass is 254 g/mol. The summed E-state index contributed by atoms with van der Waals surface area (Å²) in [5, 5.41) is 3.10. The average Bonchev–Trinajstić information content (AvgIpc) is 2.24. The first kappa shape index (κ1) is 15.5. The first-order valence-electron chi connectivity index (χ1n) is 7.28. The Morgan fingerprint density at radius 2 is 1.83 bits per heavy atom. The molecule has 1 aliphatic heterocycles. The molecule has 1 heterocycles. The molecule has 3 heteroatoms. The summed E-state index contributed by atoms with van der Waals surface area (Å²) in [5.74, 6) is 0.873. The fraction of sp³-hybridized carbons (Fsp3) is 0.933. The molecule has 0 saturated carbocycles. The molecule has 0 aromatic rings. The SMILES string of the molecule is CC(C)N1CCC(CNC(=O)CC(C)(C)C)CC1. The van der Waals surface area contributed by atoms with Crippen LogP contribution < -0.4 is 5.32 Å². The van der Waals surface area contributed by atoms with E-state index in [9.17, 15) is 4.79 Å². The molecule has 18 heavy (non-hydrogen) atoms. The van der Waals surface area contributed by atoms with E-state index in [2.05, 4.69) is 44.8 Å². The largest absolute Gasteiger partial charge is 0.356 e. The maximum Gasteiger partial charge on any atom is 0.220 e. The highest BCUT2D eigenvalue weighted by atomic mass is 16.1. The van der Waals surface area contributed by atoms with Gasteiger partial charge in [-0.15, -0.1) is 0 Å². The zero-order chi connectivity index (χ0) is 13.8. The van der Waals surface area contributed by atoms with E-state index in [1.165, 1.54) is 25.9 Å². The van der Waals surface area contributed by atoms with Crippen LogP contribution in [0.5, 0.6) is 0 Å². The van der Waals surface area contributed by atoms with Gasteiger partial charge >= 0.3 is 0 Å². The second-order valence-electron chi connectivity index (χ2n) is 7.11. The molecule has 1 rings (SSSR count). The fourth-order valence-corrected chi connectivity index (χ4v) is 2.48. The van der Waals surface area contributed by atoms with Gasteiger partial charge in [0.15, 0.2) is 0 Å². The van der Waals surface area contributed by atoms with E-state index in [0.29, 0.717) is 18.4 Å². The molecule has 0 radical (unpaired) electrons. The molecular formula is C15H30N2O. The number of nitrogens with zero attached hydrogens (tertiary/aromatic N) is 1. The fourth-order valence-electron chi connectivity index (χ4n) is 2.48. The topological polar surface area (TPSA) is 32.3 Å². The Hall–Kier alpha value is -0.570. The van der Waals surface area contributed by atoms with Crippen molar-refractivity contribution >= 4 is 5.91 Å². The Bertz CT molecular complexity index is 260. The van der Waals surface area contributed by atoms with Gasteiger partial charge in [-0.05, 0) is 51.1 Å². The Kier molecular flexibility index (Phi) is 5.64. The first-order chi connectivity index (χ1) is 8.28. The molecule has 0 aromatic carbocycles. The number of carbonyl (C=O) groups is 1. The molecule has 106 valence electrons. The minimum absolute atomic E-state index is 0.0884. The van der Waals surface area contributed by atoms with Crippen LogP contribution in [0.4, 0.5) is 0 Å². The van der Waals surface area contributed by atoms with Crippen LogP contribution >= 0.6 is 0 Å². The predicted octanol–water partition coefficient (Wildman–Crippen LogP) is 2.66. The predicted molar refractivity (Wildman–Crippen MR) is 76.5 cm³/mol. The number of hydrogen-bond acceptors (Lipinski definition) is 2. The Morgan fingerprint density at radius 1 is 1.28 bits per heavy atom. The van der Waals surface area contributed by atoms with Crippen LogP contribution in [0.15, 0.2) is 0 Å².